The molecule has 3 nitrogen and oxygen atoms in total. The van der Waals surface area contributed by atoms with Crippen LogP contribution in [0.3, 0.4) is 0 Å². The van der Waals surface area contributed by atoms with E-state index in [1.165, 1.54) is 0 Å². The van der Waals surface area contributed by atoms with E-state index in [0.29, 0.717) is 12.0 Å². The Morgan fingerprint density at radius 1 is 1.56 bits per heavy atom. The molecule has 0 amide bonds. The number of ether oxygens (including phenoxy) is 1. The van der Waals surface area contributed by atoms with E-state index >= 15 is 0 Å². The van der Waals surface area contributed by atoms with Gasteiger partial charge in [-0.1, -0.05) is 0 Å². The van der Waals surface area contributed by atoms with Crippen molar-refractivity contribution in [3.63, 3.8) is 0 Å². The Labute approximate surface area is 105 Å². The van der Waals surface area contributed by atoms with Crippen LogP contribution in [0.2, 0.25) is 0 Å². The molecule has 1 aromatic heterocycles. The van der Waals surface area contributed by atoms with Gasteiger partial charge in [0.2, 0.25) is 0 Å². The smallest absolute Gasteiger partial charge is 0.126 e. The van der Waals surface area contributed by atoms with Gasteiger partial charge in [-0.25, -0.2) is 4.98 Å². The lowest BCUT2D eigenvalue weighted by Crippen LogP contribution is -2.21. The molecular formula is C12H17BrN2O. The quantitative estimate of drug-likeness (QED) is 0.927. The van der Waals surface area contributed by atoms with Crippen molar-refractivity contribution in [1.82, 2.24) is 4.98 Å². The number of hydrogen-bond acceptors (Lipinski definition) is 3. The normalized spacial score (nSPS) is 24.7. The van der Waals surface area contributed by atoms with Gasteiger partial charge in [0.05, 0.1) is 11.8 Å². The number of rotatable bonds is 3. The fourth-order valence-corrected chi connectivity index (χ4v) is 2.14. The van der Waals surface area contributed by atoms with Crippen molar-refractivity contribution >= 4 is 21.7 Å². The number of hydrogen-bond donors (Lipinski definition) is 1. The van der Waals surface area contributed by atoms with Gasteiger partial charge >= 0.3 is 0 Å². The van der Waals surface area contributed by atoms with Crippen LogP contribution in [0.5, 0.6) is 0 Å². The first kappa shape index (κ1) is 11.9. The number of anilines is 1. The predicted octanol–water partition coefficient (Wildman–Crippen LogP) is 2.99. The fourth-order valence-electron chi connectivity index (χ4n) is 1.92. The Morgan fingerprint density at radius 3 is 3.00 bits per heavy atom. The number of halogens is 1. The lowest BCUT2D eigenvalue weighted by Gasteiger charge is -2.15. The number of nitrogens with one attached hydrogen (secondary N) is 1. The van der Waals surface area contributed by atoms with Gasteiger partial charge in [0.25, 0.3) is 0 Å². The van der Waals surface area contributed by atoms with Crippen LogP contribution in [0.4, 0.5) is 5.82 Å². The first-order valence-electron chi connectivity index (χ1n) is 5.65. The Bertz CT molecular complexity index is 370. The molecule has 1 aliphatic rings. The van der Waals surface area contributed by atoms with Crippen LogP contribution in [-0.2, 0) is 4.74 Å². The zero-order valence-corrected chi connectivity index (χ0v) is 11.3. The van der Waals surface area contributed by atoms with E-state index in [-0.39, 0.29) is 0 Å². The summed E-state index contributed by atoms with van der Waals surface area (Å²) in [6.07, 6.45) is 1.51. The molecule has 0 aliphatic carbocycles. The van der Waals surface area contributed by atoms with Gasteiger partial charge in [0.1, 0.15) is 5.82 Å². The van der Waals surface area contributed by atoms with Crippen molar-refractivity contribution < 1.29 is 4.74 Å². The average molecular weight is 285 g/mol. The van der Waals surface area contributed by atoms with Gasteiger partial charge in [-0.3, -0.25) is 0 Å². The van der Waals surface area contributed by atoms with Gasteiger partial charge in [-0.05, 0) is 48.3 Å². The van der Waals surface area contributed by atoms with Gasteiger partial charge in [0.15, 0.2) is 0 Å². The zero-order chi connectivity index (χ0) is 11.5. The first-order valence-corrected chi connectivity index (χ1v) is 6.44. The lowest BCUT2D eigenvalue weighted by molar-refractivity contribution is 0.108. The van der Waals surface area contributed by atoms with Crippen molar-refractivity contribution in [3.05, 3.63) is 22.3 Å². The largest absolute Gasteiger partial charge is 0.378 e. The third-order valence-electron chi connectivity index (χ3n) is 3.10. The molecule has 1 N–H and O–H groups in total. The molecule has 0 saturated carbocycles. The van der Waals surface area contributed by atoms with Crippen molar-refractivity contribution in [2.45, 2.75) is 26.4 Å². The maximum absolute atomic E-state index is 5.53. The van der Waals surface area contributed by atoms with Crippen LogP contribution in [0.1, 0.15) is 19.0 Å². The molecule has 1 fully saturated rings. The van der Waals surface area contributed by atoms with Crippen molar-refractivity contribution in [3.8, 4) is 0 Å². The fraction of sp³-hybridized carbons (Fsp3) is 0.583. The van der Waals surface area contributed by atoms with E-state index in [9.17, 15) is 0 Å². The molecule has 0 radical (unpaired) electrons. The first-order chi connectivity index (χ1) is 7.66. The van der Waals surface area contributed by atoms with Crippen molar-refractivity contribution in [2.24, 2.45) is 5.92 Å². The van der Waals surface area contributed by atoms with Gasteiger partial charge < -0.3 is 10.1 Å². The minimum absolute atomic E-state index is 0.365. The topological polar surface area (TPSA) is 34.2 Å². The van der Waals surface area contributed by atoms with Crippen LogP contribution in [0.25, 0.3) is 0 Å². The molecular weight excluding hydrogens is 268 g/mol. The summed E-state index contributed by atoms with van der Waals surface area (Å²) in [4.78, 5) is 4.46. The Hall–Kier alpha value is -0.610. The number of aryl methyl sites for hydroxylation is 1. The van der Waals surface area contributed by atoms with Gasteiger partial charge in [-0.2, -0.15) is 0 Å². The van der Waals surface area contributed by atoms with E-state index in [1.807, 2.05) is 19.1 Å². The second-order valence-electron chi connectivity index (χ2n) is 4.27. The summed E-state index contributed by atoms with van der Waals surface area (Å²) in [7, 11) is 0. The highest BCUT2D eigenvalue weighted by molar-refractivity contribution is 9.10. The van der Waals surface area contributed by atoms with Crippen molar-refractivity contribution in [1.29, 1.82) is 0 Å². The maximum atomic E-state index is 5.53. The molecule has 2 heterocycles. The molecule has 4 heteroatoms. The standard InChI is InChI=1S/C12H17BrN2O/c1-8-11(13)3-4-12(15-8)14-7-10-5-6-16-9(10)2/h3-4,9-10H,5-7H2,1-2H3,(H,14,15). The second-order valence-corrected chi connectivity index (χ2v) is 5.12. The Kier molecular flexibility index (Phi) is 3.82. The molecule has 1 aromatic rings. The minimum atomic E-state index is 0.365. The molecule has 0 aromatic carbocycles. The number of aromatic nitrogens is 1. The molecule has 2 rings (SSSR count). The monoisotopic (exact) mass is 284 g/mol. The van der Waals surface area contributed by atoms with E-state index < -0.39 is 0 Å². The van der Waals surface area contributed by atoms with Crippen LogP contribution in [0, 0.1) is 12.8 Å². The summed E-state index contributed by atoms with van der Waals surface area (Å²) in [5, 5.41) is 3.37. The van der Waals surface area contributed by atoms with E-state index in [0.717, 1.165) is 35.6 Å². The molecule has 2 unspecified atom stereocenters. The van der Waals surface area contributed by atoms with Gasteiger partial charge in [0, 0.05) is 23.5 Å². The van der Waals surface area contributed by atoms with Crippen LogP contribution < -0.4 is 5.32 Å². The van der Waals surface area contributed by atoms with E-state index in [2.05, 4.69) is 33.2 Å². The number of pyridine rings is 1. The highest BCUT2D eigenvalue weighted by Crippen LogP contribution is 2.21. The Balaban J connectivity index is 1.91. The average Bonchev–Trinajstić information content (AvgIpc) is 2.66. The minimum Gasteiger partial charge on any atom is -0.378 e. The summed E-state index contributed by atoms with van der Waals surface area (Å²) < 4.78 is 6.58. The third kappa shape index (κ3) is 2.74. The zero-order valence-electron chi connectivity index (χ0n) is 9.66. The summed E-state index contributed by atoms with van der Waals surface area (Å²) >= 11 is 3.45. The predicted molar refractivity (Wildman–Crippen MR) is 68.7 cm³/mol. The van der Waals surface area contributed by atoms with Crippen LogP contribution in [-0.4, -0.2) is 24.2 Å². The molecule has 0 spiro atoms. The molecule has 2 atom stereocenters. The van der Waals surface area contributed by atoms with Crippen LogP contribution in [0.15, 0.2) is 16.6 Å². The maximum Gasteiger partial charge on any atom is 0.126 e. The SMILES string of the molecule is Cc1nc(NCC2CCOC2C)ccc1Br. The molecule has 1 saturated heterocycles. The highest BCUT2D eigenvalue weighted by Gasteiger charge is 2.23. The summed E-state index contributed by atoms with van der Waals surface area (Å²) in [6.45, 7) is 5.96. The lowest BCUT2D eigenvalue weighted by atomic mass is 10.0. The summed E-state index contributed by atoms with van der Waals surface area (Å²) in [5.74, 6) is 1.55. The van der Waals surface area contributed by atoms with E-state index in [1.54, 1.807) is 0 Å². The highest BCUT2D eigenvalue weighted by atomic mass is 79.9. The third-order valence-corrected chi connectivity index (χ3v) is 3.94. The second kappa shape index (κ2) is 5.15. The van der Waals surface area contributed by atoms with Gasteiger partial charge in [-0.15, -0.1) is 0 Å². The van der Waals surface area contributed by atoms with Crippen LogP contribution >= 0.6 is 15.9 Å². The molecule has 88 valence electrons. The molecule has 1 aliphatic heterocycles. The van der Waals surface area contributed by atoms with Crippen molar-refractivity contribution in [2.75, 3.05) is 18.5 Å². The van der Waals surface area contributed by atoms with E-state index in [4.69, 9.17) is 4.74 Å². The molecule has 0 bridgehead atoms. The summed E-state index contributed by atoms with van der Waals surface area (Å²) in [6, 6.07) is 4.02. The summed E-state index contributed by atoms with van der Waals surface area (Å²) in [5.41, 5.74) is 1.01. The Morgan fingerprint density at radius 2 is 2.38 bits per heavy atom. The molecule has 16 heavy (non-hydrogen) atoms. The number of nitrogens with zero attached hydrogens (tertiary/aromatic N) is 1.